The highest BCUT2D eigenvalue weighted by atomic mass is 35.5. The molecule has 138 valence electrons. The van der Waals surface area contributed by atoms with Gasteiger partial charge in [0.05, 0.1) is 12.8 Å². The highest BCUT2D eigenvalue weighted by Crippen LogP contribution is 2.34. The van der Waals surface area contributed by atoms with Crippen LogP contribution in [0, 0.1) is 5.92 Å². The van der Waals surface area contributed by atoms with Gasteiger partial charge in [-0.05, 0) is 37.8 Å². The van der Waals surface area contributed by atoms with Crippen molar-refractivity contribution in [2.45, 2.75) is 44.6 Å². The van der Waals surface area contributed by atoms with Crippen LogP contribution in [0.2, 0.25) is 0 Å². The molecule has 1 saturated carbocycles. The summed E-state index contributed by atoms with van der Waals surface area (Å²) in [7, 11) is 1.57. The first-order valence-electron chi connectivity index (χ1n) is 8.63. The zero-order valence-electron chi connectivity index (χ0n) is 14.5. The van der Waals surface area contributed by atoms with Crippen LogP contribution in [-0.4, -0.2) is 31.5 Å². The van der Waals surface area contributed by atoms with Crippen LogP contribution in [0.3, 0.4) is 0 Å². The number of rotatable bonds is 4. The van der Waals surface area contributed by atoms with Gasteiger partial charge in [-0.2, -0.15) is 0 Å². The Morgan fingerprint density at radius 3 is 2.76 bits per heavy atom. The number of anilines is 2. The Bertz CT molecular complexity index is 638. The Hall–Kier alpha value is -1.79. The Morgan fingerprint density at radius 2 is 2.12 bits per heavy atom. The lowest BCUT2D eigenvalue weighted by molar-refractivity contribution is -0.121. The maximum atomic E-state index is 12.4. The lowest BCUT2D eigenvalue weighted by Crippen LogP contribution is -2.34. The van der Waals surface area contributed by atoms with E-state index in [0.717, 1.165) is 37.8 Å². The van der Waals surface area contributed by atoms with Crippen molar-refractivity contribution in [2.24, 2.45) is 11.7 Å². The summed E-state index contributed by atoms with van der Waals surface area (Å²) in [5.41, 5.74) is 7.42. The Kier molecular flexibility index (Phi) is 6.67. The summed E-state index contributed by atoms with van der Waals surface area (Å²) in [6.07, 6.45) is 5.06. The molecule has 1 aromatic carbocycles. The number of hydrogen-bond donors (Lipinski definition) is 2. The van der Waals surface area contributed by atoms with Gasteiger partial charge in [0.15, 0.2) is 0 Å². The normalized spacial score (nSPS) is 23.1. The molecule has 1 aromatic rings. The van der Waals surface area contributed by atoms with Crippen LogP contribution < -0.4 is 20.7 Å². The van der Waals surface area contributed by atoms with Crippen LogP contribution in [0.15, 0.2) is 18.2 Å². The zero-order chi connectivity index (χ0) is 17.1. The number of nitrogens with zero attached hydrogens (tertiary/aromatic N) is 1. The van der Waals surface area contributed by atoms with Gasteiger partial charge in [0, 0.05) is 36.7 Å². The van der Waals surface area contributed by atoms with Gasteiger partial charge in [-0.25, -0.2) is 0 Å². The third-order valence-corrected chi connectivity index (χ3v) is 4.90. The minimum absolute atomic E-state index is 0. The SMILES string of the molecule is COc1cc(NC(=O)C2CCCC(N)C2)ccc1N1CCCC1=O.Cl. The van der Waals surface area contributed by atoms with Crippen molar-refractivity contribution in [3.05, 3.63) is 18.2 Å². The molecule has 0 aromatic heterocycles. The Morgan fingerprint density at radius 1 is 1.32 bits per heavy atom. The van der Waals surface area contributed by atoms with Crippen LogP contribution in [0.5, 0.6) is 5.75 Å². The fourth-order valence-corrected chi connectivity index (χ4v) is 3.59. The molecule has 0 radical (unpaired) electrons. The number of carbonyl (C=O) groups excluding carboxylic acids is 2. The van der Waals surface area contributed by atoms with Gasteiger partial charge < -0.3 is 20.7 Å². The second-order valence-electron chi connectivity index (χ2n) is 6.65. The largest absolute Gasteiger partial charge is 0.494 e. The first kappa shape index (κ1) is 19.5. The van der Waals surface area contributed by atoms with Crippen LogP contribution in [0.4, 0.5) is 11.4 Å². The molecule has 2 unspecified atom stereocenters. The average Bonchev–Trinajstić information content (AvgIpc) is 3.00. The van der Waals surface area contributed by atoms with Gasteiger partial charge in [0.25, 0.3) is 0 Å². The van der Waals surface area contributed by atoms with Crippen molar-refractivity contribution in [2.75, 3.05) is 23.9 Å². The summed E-state index contributed by atoms with van der Waals surface area (Å²) in [4.78, 5) is 26.1. The standard InChI is InChI=1S/C18H25N3O3.ClH/c1-24-16-11-14(7-8-15(16)21-9-3-6-17(21)22)20-18(23)12-4-2-5-13(19)10-12;/h7-8,11-13H,2-6,9-10,19H2,1H3,(H,20,23);1H. The maximum absolute atomic E-state index is 12.4. The molecule has 2 amide bonds. The number of halogens is 1. The maximum Gasteiger partial charge on any atom is 0.227 e. The van der Waals surface area contributed by atoms with E-state index in [4.69, 9.17) is 10.5 Å². The first-order valence-corrected chi connectivity index (χ1v) is 8.63. The molecular weight excluding hydrogens is 342 g/mol. The van der Waals surface area contributed by atoms with E-state index in [-0.39, 0.29) is 36.2 Å². The second kappa shape index (κ2) is 8.54. The Labute approximate surface area is 154 Å². The van der Waals surface area contributed by atoms with Crippen molar-refractivity contribution < 1.29 is 14.3 Å². The van der Waals surface area contributed by atoms with Crippen LogP contribution in [-0.2, 0) is 9.59 Å². The van der Waals surface area contributed by atoms with Crippen LogP contribution in [0.1, 0.15) is 38.5 Å². The summed E-state index contributed by atoms with van der Waals surface area (Å²) >= 11 is 0. The minimum Gasteiger partial charge on any atom is -0.494 e. The monoisotopic (exact) mass is 367 g/mol. The van der Waals surface area contributed by atoms with Gasteiger partial charge in [-0.1, -0.05) is 6.42 Å². The average molecular weight is 368 g/mol. The predicted octanol–water partition coefficient (Wildman–Crippen LogP) is 2.70. The van der Waals surface area contributed by atoms with Crippen molar-refractivity contribution in [1.82, 2.24) is 0 Å². The number of nitrogens with one attached hydrogen (secondary N) is 1. The van der Waals surface area contributed by atoms with Crippen molar-refractivity contribution >= 4 is 35.6 Å². The number of hydrogen-bond acceptors (Lipinski definition) is 4. The van der Waals surface area contributed by atoms with Gasteiger partial charge in [-0.3, -0.25) is 9.59 Å². The molecule has 2 aliphatic rings. The molecule has 3 N–H and O–H groups in total. The van der Waals surface area contributed by atoms with E-state index in [0.29, 0.717) is 24.4 Å². The summed E-state index contributed by atoms with van der Waals surface area (Å²) in [6, 6.07) is 5.56. The van der Waals surface area contributed by atoms with E-state index in [1.165, 1.54) is 0 Å². The number of carbonyl (C=O) groups is 2. The first-order chi connectivity index (χ1) is 11.6. The number of benzene rings is 1. The summed E-state index contributed by atoms with van der Waals surface area (Å²) in [5, 5.41) is 2.96. The smallest absolute Gasteiger partial charge is 0.227 e. The second-order valence-corrected chi connectivity index (χ2v) is 6.65. The highest BCUT2D eigenvalue weighted by Gasteiger charge is 2.27. The molecule has 0 bridgehead atoms. The van der Waals surface area contributed by atoms with E-state index in [2.05, 4.69) is 5.32 Å². The molecule has 2 fully saturated rings. The summed E-state index contributed by atoms with van der Waals surface area (Å²) in [5.74, 6) is 0.696. The van der Waals surface area contributed by atoms with Crippen LogP contribution >= 0.6 is 12.4 Å². The lowest BCUT2D eigenvalue weighted by Gasteiger charge is -2.26. The molecule has 1 heterocycles. The summed E-state index contributed by atoms with van der Waals surface area (Å²) < 4.78 is 5.43. The molecule has 6 nitrogen and oxygen atoms in total. The third-order valence-electron chi connectivity index (χ3n) is 4.90. The Balaban J connectivity index is 0.00000225. The number of amides is 2. The molecule has 7 heteroatoms. The third kappa shape index (κ3) is 4.44. The predicted molar refractivity (Wildman–Crippen MR) is 100 cm³/mol. The topological polar surface area (TPSA) is 84.7 Å². The molecule has 25 heavy (non-hydrogen) atoms. The van der Waals surface area contributed by atoms with E-state index in [9.17, 15) is 9.59 Å². The summed E-state index contributed by atoms with van der Waals surface area (Å²) in [6.45, 7) is 0.709. The lowest BCUT2D eigenvalue weighted by atomic mass is 9.85. The number of nitrogens with two attached hydrogens (primary N) is 1. The zero-order valence-corrected chi connectivity index (χ0v) is 15.3. The van der Waals surface area contributed by atoms with E-state index < -0.39 is 0 Å². The highest BCUT2D eigenvalue weighted by molar-refractivity contribution is 5.98. The van der Waals surface area contributed by atoms with Crippen molar-refractivity contribution in [3.63, 3.8) is 0 Å². The van der Waals surface area contributed by atoms with Crippen molar-refractivity contribution in [1.29, 1.82) is 0 Å². The molecule has 1 aliphatic heterocycles. The fourth-order valence-electron chi connectivity index (χ4n) is 3.59. The molecule has 1 saturated heterocycles. The van der Waals surface area contributed by atoms with Crippen molar-refractivity contribution in [3.8, 4) is 5.75 Å². The quantitative estimate of drug-likeness (QED) is 0.856. The van der Waals surface area contributed by atoms with E-state index in [1.807, 2.05) is 12.1 Å². The molecule has 3 rings (SSSR count). The van der Waals surface area contributed by atoms with E-state index in [1.54, 1.807) is 18.1 Å². The number of methoxy groups -OCH3 is 1. The van der Waals surface area contributed by atoms with E-state index >= 15 is 0 Å². The van der Waals surface area contributed by atoms with Gasteiger partial charge in [0.1, 0.15) is 5.75 Å². The number of ether oxygens (including phenoxy) is 1. The van der Waals surface area contributed by atoms with Gasteiger partial charge >= 0.3 is 0 Å². The fraction of sp³-hybridized carbons (Fsp3) is 0.556. The molecular formula is C18H26ClN3O3. The van der Waals surface area contributed by atoms with Crippen LogP contribution in [0.25, 0.3) is 0 Å². The molecule has 0 spiro atoms. The molecule has 1 aliphatic carbocycles. The van der Waals surface area contributed by atoms with Gasteiger partial charge in [0.2, 0.25) is 11.8 Å². The minimum atomic E-state index is -0.0282. The molecule has 2 atom stereocenters. The van der Waals surface area contributed by atoms with Gasteiger partial charge in [-0.15, -0.1) is 12.4 Å².